The maximum absolute atomic E-state index is 13.0. The van der Waals surface area contributed by atoms with Gasteiger partial charge in [-0.1, -0.05) is 28.4 Å². The molecule has 0 fully saturated rings. The van der Waals surface area contributed by atoms with E-state index in [-0.39, 0.29) is 12.5 Å². The molecule has 0 atom stereocenters. The molecule has 0 aliphatic rings. The second kappa shape index (κ2) is 9.26. The molecule has 0 radical (unpaired) electrons. The number of hydrogen-bond acceptors (Lipinski definition) is 6. The van der Waals surface area contributed by atoms with Crippen molar-refractivity contribution in [2.75, 3.05) is 20.8 Å². The number of aromatic nitrogens is 2. The molecule has 30 heavy (non-hydrogen) atoms. The van der Waals surface area contributed by atoms with E-state index in [1.807, 2.05) is 38.1 Å². The number of carbonyl (C=O) groups excluding carboxylic acids is 1. The van der Waals surface area contributed by atoms with E-state index in [1.54, 1.807) is 37.3 Å². The Morgan fingerprint density at radius 3 is 2.43 bits per heavy atom. The van der Waals surface area contributed by atoms with Crippen LogP contribution in [0.2, 0.25) is 0 Å². The van der Waals surface area contributed by atoms with Crippen LogP contribution in [0, 0.1) is 13.8 Å². The Morgan fingerprint density at radius 1 is 1.10 bits per heavy atom. The van der Waals surface area contributed by atoms with Crippen molar-refractivity contribution in [3.63, 3.8) is 0 Å². The summed E-state index contributed by atoms with van der Waals surface area (Å²) in [7, 11) is 3.14. The predicted molar refractivity (Wildman–Crippen MR) is 114 cm³/mol. The second-order valence-electron chi connectivity index (χ2n) is 6.93. The van der Waals surface area contributed by atoms with Crippen molar-refractivity contribution >= 4 is 5.91 Å². The highest BCUT2D eigenvalue weighted by molar-refractivity contribution is 5.94. The standard InChI is InChI=1S/C23H25N3O4/c1-6-9-26(23(27)18-11-15(2)10-16(3)12-18)14-21-24-22(25-30-21)17-7-8-19(28-4)20(13-17)29-5/h6-8,10-13H,1,9,14H2,2-5H3. The first-order valence-corrected chi connectivity index (χ1v) is 9.48. The van der Waals surface area contributed by atoms with Crippen molar-refractivity contribution < 1.29 is 18.8 Å². The molecule has 1 amide bonds. The SMILES string of the molecule is C=CCN(Cc1nc(-c2ccc(OC)c(OC)c2)no1)C(=O)c1cc(C)cc(C)c1. The minimum absolute atomic E-state index is 0.118. The summed E-state index contributed by atoms with van der Waals surface area (Å²) in [5.74, 6) is 1.80. The summed E-state index contributed by atoms with van der Waals surface area (Å²) in [4.78, 5) is 19.1. The van der Waals surface area contributed by atoms with Crippen LogP contribution < -0.4 is 9.47 Å². The Hall–Kier alpha value is -3.61. The third-order valence-corrected chi connectivity index (χ3v) is 4.54. The molecule has 0 aliphatic carbocycles. The van der Waals surface area contributed by atoms with Crippen molar-refractivity contribution in [1.82, 2.24) is 15.0 Å². The average molecular weight is 407 g/mol. The van der Waals surface area contributed by atoms with Crippen LogP contribution in [0.5, 0.6) is 11.5 Å². The van der Waals surface area contributed by atoms with Crippen LogP contribution in [0.15, 0.2) is 53.6 Å². The molecular formula is C23H25N3O4. The molecule has 0 saturated carbocycles. The molecule has 0 aliphatic heterocycles. The van der Waals surface area contributed by atoms with Crippen LogP contribution in [-0.4, -0.2) is 41.7 Å². The third kappa shape index (κ3) is 4.68. The van der Waals surface area contributed by atoms with Gasteiger partial charge in [-0.15, -0.1) is 6.58 Å². The predicted octanol–water partition coefficient (Wildman–Crippen LogP) is 4.20. The largest absolute Gasteiger partial charge is 0.493 e. The average Bonchev–Trinajstić information content (AvgIpc) is 3.20. The molecule has 0 N–H and O–H groups in total. The fourth-order valence-electron chi connectivity index (χ4n) is 3.23. The molecule has 3 rings (SSSR count). The van der Waals surface area contributed by atoms with E-state index in [1.165, 1.54) is 0 Å². The number of rotatable bonds is 8. The number of amides is 1. The zero-order valence-corrected chi connectivity index (χ0v) is 17.6. The third-order valence-electron chi connectivity index (χ3n) is 4.54. The number of methoxy groups -OCH3 is 2. The van der Waals surface area contributed by atoms with Crippen molar-refractivity contribution in [3.8, 4) is 22.9 Å². The minimum atomic E-state index is -0.118. The van der Waals surface area contributed by atoms with E-state index in [0.29, 0.717) is 35.3 Å². The summed E-state index contributed by atoms with van der Waals surface area (Å²) < 4.78 is 16.0. The Balaban J connectivity index is 1.83. The van der Waals surface area contributed by atoms with Crippen LogP contribution in [0.25, 0.3) is 11.4 Å². The number of aryl methyl sites for hydroxylation is 2. The Bertz CT molecular complexity index is 1040. The molecular weight excluding hydrogens is 382 g/mol. The van der Waals surface area contributed by atoms with Gasteiger partial charge in [0, 0.05) is 17.7 Å². The highest BCUT2D eigenvalue weighted by atomic mass is 16.5. The first kappa shape index (κ1) is 21.1. The minimum Gasteiger partial charge on any atom is -0.493 e. The van der Waals surface area contributed by atoms with Crippen LogP contribution in [0.1, 0.15) is 27.4 Å². The zero-order valence-electron chi connectivity index (χ0n) is 17.6. The van der Waals surface area contributed by atoms with E-state index in [9.17, 15) is 4.79 Å². The smallest absolute Gasteiger partial charge is 0.254 e. The lowest BCUT2D eigenvalue weighted by Crippen LogP contribution is -2.31. The molecule has 7 heteroatoms. The van der Waals surface area contributed by atoms with Gasteiger partial charge in [0.1, 0.15) is 6.54 Å². The summed E-state index contributed by atoms with van der Waals surface area (Å²) in [6.07, 6.45) is 1.67. The maximum atomic E-state index is 13.0. The molecule has 156 valence electrons. The van der Waals surface area contributed by atoms with Crippen LogP contribution >= 0.6 is 0 Å². The molecule has 0 unspecified atom stereocenters. The highest BCUT2D eigenvalue weighted by Crippen LogP contribution is 2.31. The van der Waals surface area contributed by atoms with E-state index in [4.69, 9.17) is 14.0 Å². The Morgan fingerprint density at radius 2 is 1.80 bits per heavy atom. The van der Waals surface area contributed by atoms with Gasteiger partial charge in [-0.2, -0.15) is 4.98 Å². The van der Waals surface area contributed by atoms with Gasteiger partial charge in [0.15, 0.2) is 11.5 Å². The van der Waals surface area contributed by atoms with Gasteiger partial charge in [0.25, 0.3) is 5.91 Å². The van der Waals surface area contributed by atoms with Gasteiger partial charge in [0.2, 0.25) is 11.7 Å². The van der Waals surface area contributed by atoms with Crippen LogP contribution in [-0.2, 0) is 6.54 Å². The fraction of sp³-hybridized carbons (Fsp3) is 0.261. The van der Waals surface area contributed by atoms with Crippen molar-refractivity contribution in [3.05, 3.63) is 71.6 Å². The summed E-state index contributed by atoms with van der Waals surface area (Å²) in [6.45, 7) is 8.23. The maximum Gasteiger partial charge on any atom is 0.254 e. The quantitative estimate of drug-likeness (QED) is 0.521. The van der Waals surface area contributed by atoms with Gasteiger partial charge in [-0.05, 0) is 44.2 Å². The van der Waals surface area contributed by atoms with Crippen molar-refractivity contribution in [2.45, 2.75) is 20.4 Å². The molecule has 1 aromatic heterocycles. The molecule has 3 aromatic rings. The summed E-state index contributed by atoms with van der Waals surface area (Å²) >= 11 is 0. The Labute approximate surface area is 175 Å². The fourth-order valence-corrected chi connectivity index (χ4v) is 3.23. The van der Waals surface area contributed by atoms with Gasteiger partial charge in [-0.25, -0.2) is 0 Å². The molecule has 1 heterocycles. The van der Waals surface area contributed by atoms with E-state index in [0.717, 1.165) is 16.7 Å². The van der Waals surface area contributed by atoms with E-state index < -0.39 is 0 Å². The number of nitrogens with zero attached hydrogens (tertiary/aromatic N) is 3. The van der Waals surface area contributed by atoms with E-state index in [2.05, 4.69) is 16.7 Å². The summed E-state index contributed by atoms with van der Waals surface area (Å²) in [5.41, 5.74) is 3.41. The first-order chi connectivity index (χ1) is 14.4. The van der Waals surface area contributed by atoms with Gasteiger partial charge in [-0.3, -0.25) is 4.79 Å². The highest BCUT2D eigenvalue weighted by Gasteiger charge is 2.20. The number of ether oxygens (including phenoxy) is 2. The van der Waals surface area contributed by atoms with Crippen LogP contribution in [0.4, 0.5) is 0 Å². The van der Waals surface area contributed by atoms with Gasteiger partial charge < -0.3 is 18.9 Å². The summed E-state index contributed by atoms with van der Waals surface area (Å²) in [6, 6.07) is 11.1. The normalized spacial score (nSPS) is 10.5. The molecule has 2 aromatic carbocycles. The first-order valence-electron chi connectivity index (χ1n) is 9.48. The van der Waals surface area contributed by atoms with Crippen molar-refractivity contribution in [2.24, 2.45) is 0 Å². The molecule has 7 nitrogen and oxygen atoms in total. The molecule has 0 saturated heterocycles. The zero-order chi connectivity index (χ0) is 21.7. The van der Waals surface area contributed by atoms with Crippen LogP contribution in [0.3, 0.4) is 0 Å². The lowest BCUT2D eigenvalue weighted by atomic mass is 10.1. The summed E-state index contributed by atoms with van der Waals surface area (Å²) in [5, 5.41) is 4.04. The number of carbonyl (C=O) groups is 1. The monoisotopic (exact) mass is 407 g/mol. The molecule has 0 spiro atoms. The molecule has 0 bridgehead atoms. The number of benzene rings is 2. The van der Waals surface area contributed by atoms with Gasteiger partial charge in [0.05, 0.1) is 14.2 Å². The second-order valence-corrected chi connectivity index (χ2v) is 6.93. The topological polar surface area (TPSA) is 77.7 Å². The Kier molecular flexibility index (Phi) is 6.51. The number of hydrogen-bond donors (Lipinski definition) is 0. The van der Waals surface area contributed by atoms with Gasteiger partial charge >= 0.3 is 0 Å². The lowest BCUT2D eigenvalue weighted by molar-refractivity contribution is 0.0745. The lowest BCUT2D eigenvalue weighted by Gasteiger charge is -2.19. The van der Waals surface area contributed by atoms with E-state index >= 15 is 0 Å². The van der Waals surface area contributed by atoms with Crippen molar-refractivity contribution in [1.29, 1.82) is 0 Å².